The van der Waals surface area contributed by atoms with Crippen molar-refractivity contribution in [3.63, 3.8) is 0 Å². The molecule has 0 unspecified atom stereocenters. The first-order chi connectivity index (χ1) is 15.3. The molecule has 3 aromatic carbocycles. The van der Waals surface area contributed by atoms with Gasteiger partial charge in [0.05, 0.1) is 16.7 Å². The molecule has 0 atom stereocenters. The number of ether oxygens (including phenoxy) is 1. The van der Waals surface area contributed by atoms with Gasteiger partial charge in [-0.25, -0.2) is 4.98 Å². The van der Waals surface area contributed by atoms with Crippen LogP contribution >= 0.6 is 11.6 Å². The Kier molecular flexibility index (Phi) is 6.19. The van der Waals surface area contributed by atoms with Gasteiger partial charge in [-0.1, -0.05) is 37.6 Å². The zero-order valence-corrected chi connectivity index (χ0v) is 19.2. The maximum atomic E-state index is 12.8. The molecule has 0 bridgehead atoms. The van der Waals surface area contributed by atoms with E-state index in [1.54, 1.807) is 36.4 Å². The second-order valence-corrected chi connectivity index (χ2v) is 8.65. The highest BCUT2D eigenvalue weighted by atomic mass is 35.5. The van der Waals surface area contributed by atoms with Crippen LogP contribution in [0.2, 0.25) is 5.02 Å². The third-order valence-corrected chi connectivity index (χ3v) is 5.33. The first-order valence-electron chi connectivity index (χ1n) is 10.6. The molecule has 0 aliphatic carbocycles. The molecule has 0 saturated heterocycles. The largest absolute Gasteiger partial charge is 0.491 e. The fourth-order valence-electron chi connectivity index (χ4n) is 3.37. The van der Waals surface area contributed by atoms with Crippen molar-refractivity contribution < 1.29 is 13.9 Å². The third kappa shape index (κ3) is 4.78. The van der Waals surface area contributed by atoms with Crippen LogP contribution in [0.15, 0.2) is 65.1 Å². The number of carbonyl (C=O) groups is 1. The average Bonchev–Trinajstić information content (AvgIpc) is 3.18. The van der Waals surface area contributed by atoms with Crippen LogP contribution in [0.3, 0.4) is 0 Å². The van der Waals surface area contributed by atoms with E-state index in [0.29, 0.717) is 45.0 Å². The van der Waals surface area contributed by atoms with Gasteiger partial charge in [0, 0.05) is 11.3 Å². The van der Waals surface area contributed by atoms with E-state index < -0.39 is 0 Å². The predicted molar refractivity (Wildman–Crippen MR) is 129 cm³/mol. The fourth-order valence-corrected chi connectivity index (χ4v) is 3.57. The Labute approximate surface area is 192 Å². The zero-order chi connectivity index (χ0) is 22.8. The van der Waals surface area contributed by atoms with Crippen molar-refractivity contribution in [2.75, 3.05) is 5.32 Å². The van der Waals surface area contributed by atoms with Crippen LogP contribution in [0.5, 0.6) is 5.75 Å². The monoisotopic (exact) mass is 448 g/mol. The van der Waals surface area contributed by atoms with Crippen LogP contribution in [0.25, 0.3) is 22.6 Å². The smallest absolute Gasteiger partial charge is 0.255 e. The molecule has 0 aliphatic rings. The quantitative estimate of drug-likeness (QED) is 0.335. The second-order valence-electron chi connectivity index (χ2n) is 8.24. The Bertz CT molecular complexity index is 1280. The predicted octanol–water partition coefficient (Wildman–Crippen LogP) is 7.31. The summed E-state index contributed by atoms with van der Waals surface area (Å²) in [4.78, 5) is 17.4. The Morgan fingerprint density at radius 3 is 2.59 bits per heavy atom. The summed E-state index contributed by atoms with van der Waals surface area (Å²) in [5.74, 6) is 1.21. The van der Waals surface area contributed by atoms with Crippen molar-refractivity contribution in [3.05, 3.63) is 76.8 Å². The Morgan fingerprint density at radius 1 is 1.03 bits per heavy atom. The number of hydrogen-bond donors (Lipinski definition) is 1. The van der Waals surface area contributed by atoms with Crippen LogP contribution in [-0.2, 0) is 0 Å². The summed E-state index contributed by atoms with van der Waals surface area (Å²) in [6.07, 6.45) is 0.0278. The number of oxazole rings is 1. The minimum Gasteiger partial charge on any atom is -0.491 e. The molecule has 5 nitrogen and oxygen atoms in total. The molecule has 0 radical (unpaired) electrons. The molecule has 1 N–H and O–H groups in total. The van der Waals surface area contributed by atoms with E-state index in [0.717, 1.165) is 5.52 Å². The summed E-state index contributed by atoms with van der Waals surface area (Å²) in [6, 6.07) is 18.3. The Morgan fingerprint density at radius 2 is 1.84 bits per heavy atom. The lowest BCUT2D eigenvalue weighted by Crippen LogP contribution is -2.12. The van der Waals surface area contributed by atoms with Crippen molar-refractivity contribution >= 4 is 34.3 Å². The molecule has 32 heavy (non-hydrogen) atoms. The van der Waals surface area contributed by atoms with Gasteiger partial charge in [-0.3, -0.25) is 4.79 Å². The van der Waals surface area contributed by atoms with Gasteiger partial charge < -0.3 is 14.5 Å². The van der Waals surface area contributed by atoms with E-state index in [9.17, 15) is 4.79 Å². The number of anilines is 1. The van der Waals surface area contributed by atoms with Crippen molar-refractivity contribution in [2.24, 2.45) is 0 Å². The van der Waals surface area contributed by atoms with E-state index in [1.165, 1.54) is 5.56 Å². The van der Waals surface area contributed by atoms with Crippen LogP contribution < -0.4 is 10.1 Å². The van der Waals surface area contributed by atoms with Gasteiger partial charge in [0.1, 0.15) is 11.3 Å². The fraction of sp³-hybridized carbons (Fsp3) is 0.231. The summed E-state index contributed by atoms with van der Waals surface area (Å²) < 4.78 is 11.6. The Hall–Kier alpha value is -3.31. The molecular formula is C26H25ClN2O3. The molecule has 164 valence electrons. The minimum absolute atomic E-state index is 0.0278. The van der Waals surface area contributed by atoms with Gasteiger partial charge in [-0.05, 0) is 73.9 Å². The van der Waals surface area contributed by atoms with Gasteiger partial charge in [0.15, 0.2) is 5.58 Å². The molecule has 4 rings (SSSR count). The van der Waals surface area contributed by atoms with Gasteiger partial charge in [-0.15, -0.1) is 0 Å². The summed E-state index contributed by atoms with van der Waals surface area (Å²) in [6.45, 7) is 8.15. The Balaban J connectivity index is 1.60. The lowest BCUT2D eigenvalue weighted by Gasteiger charge is -2.11. The van der Waals surface area contributed by atoms with E-state index in [1.807, 2.05) is 38.1 Å². The molecule has 0 fully saturated rings. The van der Waals surface area contributed by atoms with E-state index in [-0.39, 0.29) is 12.0 Å². The number of nitrogens with zero attached hydrogens (tertiary/aromatic N) is 1. The zero-order valence-electron chi connectivity index (χ0n) is 18.5. The molecular weight excluding hydrogens is 424 g/mol. The number of hydrogen-bond acceptors (Lipinski definition) is 4. The number of rotatable bonds is 6. The first kappa shape index (κ1) is 21.9. The molecule has 4 aromatic rings. The lowest BCUT2D eigenvalue weighted by molar-refractivity contribution is 0.102. The van der Waals surface area contributed by atoms with Crippen LogP contribution in [0.4, 0.5) is 5.69 Å². The lowest BCUT2D eigenvalue weighted by atomic mass is 10.0. The average molecular weight is 449 g/mol. The standard InChI is InChI=1S/C26H25ClN2O3/c1-15(2)17-8-11-24-23(13-17)29-26(32-24)21-14-19(9-10-22(21)27)28-25(30)18-6-5-7-20(12-18)31-16(3)4/h5-16H,1-4H3,(H,28,30). The first-order valence-corrected chi connectivity index (χ1v) is 11.0. The SMILES string of the molecule is CC(C)Oc1cccc(C(=O)Nc2ccc(Cl)c(-c3nc4cc(C(C)C)ccc4o3)c2)c1. The number of amides is 1. The molecule has 1 aromatic heterocycles. The number of aromatic nitrogens is 1. The number of fused-ring (bicyclic) bond motifs is 1. The number of benzene rings is 3. The van der Waals surface area contributed by atoms with E-state index in [2.05, 4.69) is 24.1 Å². The van der Waals surface area contributed by atoms with Crippen molar-refractivity contribution in [1.29, 1.82) is 0 Å². The summed E-state index contributed by atoms with van der Waals surface area (Å²) in [7, 11) is 0. The van der Waals surface area contributed by atoms with Crippen LogP contribution in [0, 0.1) is 0 Å². The maximum Gasteiger partial charge on any atom is 0.255 e. The summed E-state index contributed by atoms with van der Waals surface area (Å²) in [5.41, 5.74) is 4.37. The molecule has 0 spiro atoms. The van der Waals surface area contributed by atoms with Crippen molar-refractivity contribution in [3.8, 4) is 17.2 Å². The number of halogens is 1. The third-order valence-electron chi connectivity index (χ3n) is 5.00. The molecule has 6 heteroatoms. The molecule has 0 aliphatic heterocycles. The maximum absolute atomic E-state index is 12.8. The van der Waals surface area contributed by atoms with E-state index in [4.69, 9.17) is 20.8 Å². The van der Waals surface area contributed by atoms with Gasteiger partial charge >= 0.3 is 0 Å². The van der Waals surface area contributed by atoms with Gasteiger partial charge in [-0.2, -0.15) is 0 Å². The van der Waals surface area contributed by atoms with E-state index >= 15 is 0 Å². The molecule has 1 heterocycles. The summed E-state index contributed by atoms with van der Waals surface area (Å²) >= 11 is 6.43. The second kappa shape index (κ2) is 9.05. The van der Waals surface area contributed by atoms with Crippen LogP contribution in [0.1, 0.15) is 49.5 Å². The van der Waals surface area contributed by atoms with Gasteiger partial charge in [0.2, 0.25) is 5.89 Å². The minimum atomic E-state index is -0.244. The van der Waals surface area contributed by atoms with Crippen LogP contribution in [-0.4, -0.2) is 17.0 Å². The highest BCUT2D eigenvalue weighted by Gasteiger charge is 2.15. The van der Waals surface area contributed by atoms with Crippen molar-refractivity contribution in [1.82, 2.24) is 4.98 Å². The molecule has 1 amide bonds. The highest BCUT2D eigenvalue weighted by Crippen LogP contribution is 2.33. The van der Waals surface area contributed by atoms with Crippen molar-refractivity contribution in [2.45, 2.75) is 39.7 Å². The topological polar surface area (TPSA) is 64.4 Å². The molecule has 0 saturated carbocycles. The normalized spacial score (nSPS) is 11.3. The summed E-state index contributed by atoms with van der Waals surface area (Å²) in [5, 5.41) is 3.40. The van der Waals surface area contributed by atoms with Gasteiger partial charge in [0.25, 0.3) is 5.91 Å². The number of nitrogens with one attached hydrogen (secondary N) is 1. The highest BCUT2D eigenvalue weighted by molar-refractivity contribution is 6.33. The number of carbonyl (C=O) groups excluding carboxylic acids is 1.